The maximum atomic E-state index is 12.0. The molecule has 0 bridgehead atoms. The molecule has 1 fully saturated rings. The van der Waals surface area contributed by atoms with Gasteiger partial charge in [-0.1, -0.05) is 12.6 Å². The van der Waals surface area contributed by atoms with Gasteiger partial charge in [0.1, 0.15) is 0 Å². The molecule has 1 N–H and O–H groups in total. The molecular formula is C12H13BN4O. The number of aromatic nitrogens is 3. The normalized spacial score (nSPS) is 16.9. The summed E-state index contributed by atoms with van der Waals surface area (Å²) < 4.78 is 1.80. The van der Waals surface area contributed by atoms with E-state index in [0.29, 0.717) is 5.65 Å². The zero-order valence-corrected chi connectivity index (χ0v) is 9.97. The highest BCUT2D eigenvalue weighted by molar-refractivity contribution is 6.67. The van der Waals surface area contributed by atoms with E-state index in [4.69, 9.17) is 5.26 Å². The van der Waals surface area contributed by atoms with Crippen LogP contribution >= 0.6 is 0 Å². The molecule has 0 amide bonds. The summed E-state index contributed by atoms with van der Waals surface area (Å²) in [5, 5.41) is 8.90. The first kappa shape index (κ1) is 11.1. The van der Waals surface area contributed by atoms with E-state index in [0.717, 1.165) is 31.0 Å². The molecule has 0 aromatic carbocycles. The van der Waals surface area contributed by atoms with Gasteiger partial charge in [-0.2, -0.15) is 0 Å². The second-order valence-electron chi connectivity index (χ2n) is 4.81. The Morgan fingerprint density at radius 2 is 2.28 bits per heavy atom. The first-order chi connectivity index (χ1) is 8.79. The Bertz CT molecular complexity index is 661. The summed E-state index contributed by atoms with van der Waals surface area (Å²) in [4.78, 5) is 18.9. The molecule has 2 aromatic rings. The SMILES string of the molecule is N#CB1CCC(n2c(=O)[nH]c3ncccc32)CC1. The lowest BCUT2D eigenvalue weighted by molar-refractivity contribution is 0.455. The van der Waals surface area contributed by atoms with E-state index >= 15 is 0 Å². The van der Waals surface area contributed by atoms with Crippen molar-refractivity contribution >= 4 is 17.9 Å². The fourth-order valence-corrected chi connectivity index (χ4v) is 2.78. The summed E-state index contributed by atoms with van der Waals surface area (Å²) in [6.07, 6.45) is 5.20. The number of nitrogens with zero attached hydrogens (tertiary/aromatic N) is 3. The van der Waals surface area contributed by atoms with Crippen molar-refractivity contribution in [2.45, 2.75) is 31.5 Å². The molecular weight excluding hydrogens is 227 g/mol. The standard InChI is InChI=1S/C12H13BN4O/c14-8-13-5-3-9(4-6-13)17-10-2-1-7-15-11(10)16-12(17)18/h1-2,7,9H,3-6H2,(H,15,16,18). The highest BCUT2D eigenvalue weighted by atomic mass is 16.1. The average Bonchev–Trinajstić information content (AvgIpc) is 2.75. The number of hydrogen-bond acceptors (Lipinski definition) is 3. The second-order valence-corrected chi connectivity index (χ2v) is 4.81. The predicted octanol–water partition coefficient (Wildman–Crippen LogP) is 1.62. The summed E-state index contributed by atoms with van der Waals surface area (Å²) in [7, 11) is 0. The third-order valence-electron chi connectivity index (χ3n) is 3.73. The fraction of sp³-hybridized carbons (Fsp3) is 0.417. The fourth-order valence-electron chi connectivity index (χ4n) is 2.78. The van der Waals surface area contributed by atoms with Crippen LogP contribution in [0.15, 0.2) is 23.1 Å². The van der Waals surface area contributed by atoms with E-state index < -0.39 is 0 Å². The van der Waals surface area contributed by atoms with Crippen molar-refractivity contribution in [2.75, 3.05) is 0 Å². The Kier molecular flexibility index (Phi) is 2.67. The molecule has 3 heterocycles. The van der Waals surface area contributed by atoms with Crippen molar-refractivity contribution in [2.24, 2.45) is 0 Å². The molecule has 2 aromatic heterocycles. The van der Waals surface area contributed by atoms with Crippen LogP contribution in [0.3, 0.4) is 0 Å². The summed E-state index contributed by atoms with van der Waals surface area (Å²) in [5.41, 5.74) is 1.41. The summed E-state index contributed by atoms with van der Waals surface area (Å²) in [6.45, 7) is 0.153. The van der Waals surface area contributed by atoms with E-state index in [-0.39, 0.29) is 18.4 Å². The molecule has 0 aliphatic carbocycles. The summed E-state index contributed by atoms with van der Waals surface area (Å²) in [6, 6.07) is 3.95. The van der Waals surface area contributed by atoms with Crippen LogP contribution in [0.1, 0.15) is 18.9 Å². The maximum absolute atomic E-state index is 12.0. The van der Waals surface area contributed by atoms with Gasteiger partial charge in [-0.05, 0) is 25.0 Å². The molecule has 0 radical (unpaired) electrons. The Morgan fingerprint density at radius 3 is 3.00 bits per heavy atom. The van der Waals surface area contributed by atoms with E-state index in [9.17, 15) is 4.79 Å². The third-order valence-corrected chi connectivity index (χ3v) is 3.73. The number of imidazole rings is 1. The van der Waals surface area contributed by atoms with Crippen molar-refractivity contribution < 1.29 is 0 Å². The van der Waals surface area contributed by atoms with E-state index in [1.54, 1.807) is 10.8 Å². The zero-order chi connectivity index (χ0) is 12.5. The van der Waals surface area contributed by atoms with Crippen molar-refractivity contribution in [1.29, 1.82) is 5.26 Å². The van der Waals surface area contributed by atoms with Crippen LogP contribution in [0, 0.1) is 11.2 Å². The monoisotopic (exact) mass is 240 g/mol. The van der Waals surface area contributed by atoms with Gasteiger partial charge in [0.15, 0.2) is 5.65 Å². The molecule has 1 aliphatic heterocycles. The largest absolute Gasteiger partial charge is 0.327 e. The lowest BCUT2D eigenvalue weighted by Crippen LogP contribution is -2.28. The molecule has 1 saturated heterocycles. The molecule has 6 heteroatoms. The van der Waals surface area contributed by atoms with Crippen LogP contribution < -0.4 is 5.69 Å². The van der Waals surface area contributed by atoms with E-state index in [2.05, 4.69) is 15.9 Å². The van der Waals surface area contributed by atoms with Gasteiger partial charge in [-0.25, -0.2) is 15.0 Å². The average molecular weight is 240 g/mol. The Labute approximate surface area is 105 Å². The minimum Gasteiger partial charge on any atom is -0.290 e. The van der Waals surface area contributed by atoms with Crippen molar-refractivity contribution in [3.63, 3.8) is 0 Å². The lowest BCUT2D eigenvalue weighted by atomic mass is 9.42. The smallest absolute Gasteiger partial charge is 0.290 e. The van der Waals surface area contributed by atoms with Crippen LogP contribution in [0.4, 0.5) is 0 Å². The van der Waals surface area contributed by atoms with Crippen molar-refractivity contribution in [1.82, 2.24) is 14.5 Å². The van der Waals surface area contributed by atoms with Crippen LogP contribution in [-0.4, -0.2) is 21.2 Å². The van der Waals surface area contributed by atoms with Gasteiger partial charge in [0, 0.05) is 18.2 Å². The highest BCUT2D eigenvalue weighted by Gasteiger charge is 2.27. The minimum atomic E-state index is -0.0934. The number of rotatable bonds is 1. The molecule has 3 rings (SSSR count). The Balaban J connectivity index is 1.98. The predicted molar refractivity (Wildman–Crippen MR) is 69.6 cm³/mol. The van der Waals surface area contributed by atoms with Gasteiger partial charge in [0.2, 0.25) is 0 Å². The number of hydrogen-bond donors (Lipinski definition) is 1. The first-order valence-electron chi connectivity index (χ1n) is 6.24. The molecule has 0 atom stereocenters. The van der Waals surface area contributed by atoms with Gasteiger partial charge in [-0.15, -0.1) is 0 Å². The molecule has 0 spiro atoms. The number of nitriles is 1. The van der Waals surface area contributed by atoms with Gasteiger partial charge in [0.05, 0.1) is 5.52 Å². The topological polar surface area (TPSA) is 74.5 Å². The van der Waals surface area contributed by atoms with Crippen LogP contribution in [0.25, 0.3) is 11.2 Å². The van der Waals surface area contributed by atoms with Crippen LogP contribution in [-0.2, 0) is 0 Å². The number of fused-ring (bicyclic) bond motifs is 1. The maximum Gasteiger partial charge on any atom is 0.327 e. The minimum absolute atomic E-state index is 0.0934. The van der Waals surface area contributed by atoms with E-state index in [1.807, 2.05) is 12.1 Å². The molecule has 18 heavy (non-hydrogen) atoms. The van der Waals surface area contributed by atoms with Gasteiger partial charge in [-0.3, -0.25) is 9.55 Å². The molecule has 0 saturated carbocycles. The first-order valence-corrected chi connectivity index (χ1v) is 6.24. The molecule has 5 nitrogen and oxygen atoms in total. The van der Waals surface area contributed by atoms with Gasteiger partial charge >= 0.3 is 5.69 Å². The quantitative estimate of drug-likeness (QED) is 0.769. The Morgan fingerprint density at radius 1 is 1.50 bits per heavy atom. The summed E-state index contributed by atoms with van der Waals surface area (Å²) >= 11 is 0. The number of nitrogens with one attached hydrogen (secondary N) is 1. The van der Waals surface area contributed by atoms with Gasteiger partial charge in [0.25, 0.3) is 6.71 Å². The lowest BCUT2D eigenvalue weighted by Gasteiger charge is -2.24. The highest BCUT2D eigenvalue weighted by Crippen LogP contribution is 2.29. The third kappa shape index (κ3) is 1.72. The second kappa shape index (κ2) is 4.33. The van der Waals surface area contributed by atoms with Crippen LogP contribution in [0.5, 0.6) is 0 Å². The number of aromatic amines is 1. The van der Waals surface area contributed by atoms with Crippen molar-refractivity contribution in [3.8, 4) is 5.97 Å². The molecule has 1 aliphatic rings. The molecule has 0 unspecified atom stereocenters. The summed E-state index contributed by atoms with van der Waals surface area (Å²) in [5.74, 6) is 2.31. The zero-order valence-electron chi connectivity index (χ0n) is 9.97. The number of H-pyrrole nitrogens is 1. The Hall–Kier alpha value is -2.03. The van der Waals surface area contributed by atoms with E-state index in [1.165, 1.54) is 0 Å². The van der Waals surface area contributed by atoms with Gasteiger partial charge < -0.3 is 0 Å². The molecule has 90 valence electrons. The van der Waals surface area contributed by atoms with Crippen LogP contribution in [0.2, 0.25) is 12.6 Å². The number of pyridine rings is 1. The van der Waals surface area contributed by atoms with Crippen molar-refractivity contribution in [3.05, 3.63) is 28.8 Å².